The molecule has 2 aromatic carbocycles. The van der Waals surface area contributed by atoms with Crippen molar-refractivity contribution in [3.63, 3.8) is 0 Å². The fourth-order valence-electron chi connectivity index (χ4n) is 3.01. The molecule has 150 valence electrons. The van der Waals surface area contributed by atoms with Crippen LogP contribution in [0.4, 0.5) is 10.1 Å². The van der Waals surface area contributed by atoms with Crippen LogP contribution in [-0.4, -0.2) is 15.3 Å². The summed E-state index contributed by atoms with van der Waals surface area (Å²) in [5.41, 5.74) is 2.64. The van der Waals surface area contributed by atoms with Crippen molar-refractivity contribution in [2.45, 2.75) is 13.5 Å². The summed E-state index contributed by atoms with van der Waals surface area (Å²) in [5, 5.41) is 2.70. The van der Waals surface area contributed by atoms with Crippen LogP contribution in [-0.2, 0) is 6.61 Å². The number of ether oxygens (including phenoxy) is 1. The Bertz CT molecular complexity index is 1280. The third kappa shape index (κ3) is 4.20. The van der Waals surface area contributed by atoms with Crippen molar-refractivity contribution in [1.29, 1.82) is 0 Å². The quantitative estimate of drug-likeness (QED) is 0.547. The number of aryl methyl sites for hydroxylation is 1. The van der Waals surface area contributed by atoms with Crippen LogP contribution in [0.15, 0.2) is 77.7 Å². The highest BCUT2D eigenvalue weighted by Crippen LogP contribution is 2.18. The summed E-state index contributed by atoms with van der Waals surface area (Å²) in [5.74, 6) is -0.312. The number of rotatable bonds is 5. The first-order valence-corrected chi connectivity index (χ1v) is 9.27. The van der Waals surface area contributed by atoms with E-state index in [-0.39, 0.29) is 17.7 Å². The fourth-order valence-corrected chi connectivity index (χ4v) is 3.01. The maximum Gasteiger partial charge on any atom is 0.258 e. The van der Waals surface area contributed by atoms with Gasteiger partial charge in [0.25, 0.3) is 11.5 Å². The summed E-state index contributed by atoms with van der Waals surface area (Å²) in [4.78, 5) is 28.9. The highest BCUT2D eigenvalue weighted by atomic mass is 19.1. The molecule has 0 saturated carbocycles. The van der Waals surface area contributed by atoms with Gasteiger partial charge in [0.2, 0.25) is 0 Å². The Morgan fingerprint density at radius 1 is 1.10 bits per heavy atom. The standard InChI is InChI=1S/C23H18FN3O3/c1-15-4-3-11-27-21(28)13-19(25-22(15)27)14-30-20-9-7-18(8-10-20)26-23(29)16-5-2-6-17(24)12-16/h2-13H,14H2,1H3,(H,26,29). The Morgan fingerprint density at radius 3 is 2.67 bits per heavy atom. The normalized spacial score (nSPS) is 10.7. The van der Waals surface area contributed by atoms with Gasteiger partial charge in [-0.05, 0) is 61.0 Å². The highest BCUT2D eigenvalue weighted by Gasteiger charge is 2.08. The van der Waals surface area contributed by atoms with Crippen molar-refractivity contribution in [2.75, 3.05) is 5.32 Å². The Balaban J connectivity index is 1.43. The lowest BCUT2D eigenvalue weighted by Crippen LogP contribution is -2.17. The first-order valence-electron chi connectivity index (χ1n) is 9.27. The van der Waals surface area contributed by atoms with Gasteiger partial charge in [-0.1, -0.05) is 12.1 Å². The molecule has 0 saturated heterocycles. The minimum atomic E-state index is -0.469. The van der Waals surface area contributed by atoms with Crippen LogP contribution in [0.2, 0.25) is 0 Å². The van der Waals surface area contributed by atoms with E-state index in [9.17, 15) is 14.0 Å². The van der Waals surface area contributed by atoms with E-state index in [2.05, 4.69) is 10.3 Å². The molecule has 2 heterocycles. The molecule has 0 spiro atoms. The molecule has 1 N–H and O–H groups in total. The second-order valence-corrected chi connectivity index (χ2v) is 6.75. The number of nitrogens with one attached hydrogen (secondary N) is 1. The predicted molar refractivity (Wildman–Crippen MR) is 111 cm³/mol. The monoisotopic (exact) mass is 403 g/mol. The van der Waals surface area contributed by atoms with Crippen molar-refractivity contribution < 1.29 is 13.9 Å². The van der Waals surface area contributed by atoms with Crippen LogP contribution in [0.25, 0.3) is 5.65 Å². The number of halogens is 1. The van der Waals surface area contributed by atoms with Gasteiger partial charge < -0.3 is 10.1 Å². The number of benzene rings is 2. The van der Waals surface area contributed by atoms with Gasteiger partial charge >= 0.3 is 0 Å². The zero-order valence-electron chi connectivity index (χ0n) is 16.1. The zero-order valence-corrected chi connectivity index (χ0v) is 16.1. The van der Waals surface area contributed by atoms with Crippen LogP contribution < -0.4 is 15.6 Å². The average Bonchev–Trinajstić information content (AvgIpc) is 2.74. The molecule has 0 atom stereocenters. The first-order chi connectivity index (χ1) is 14.5. The van der Waals surface area contributed by atoms with Crippen molar-refractivity contribution in [3.05, 3.63) is 106 Å². The van der Waals surface area contributed by atoms with E-state index in [0.717, 1.165) is 5.56 Å². The van der Waals surface area contributed by atoms with Crippen LogP contribution >= 0.6 is 0 Å². The van der Waals surface area contributed by atoms with Gasteiger partial charge in [0, 0.05) is 23.5 Å². The fraction of sp³-hybridized carbons (Fsp3) is 0.0870. The summed E-state index contributed by atoms with van der Waals surface area (Å²) in [6, 6.07) is 17.4. The van der Waals surface area contributed by atoms with Gasteiger partial charge in [0.15, 0.2) is 0 Å². The lowest BCUT2D eigenvalue weighted by Gasteiger charge is -2.09. The second kappa shape index (κ2) is 8.16. The number of fused-ring (bicyclic) bond motifs is 1. The van der Waals surface area contributed by atoms with Crippen LogP contribution in [0.5, 0.6) is 5.75 Å². The summed E-state index contributed by atoms with van der Waals surface area (Å²) in [6.07, 6.45) is 1.68. The summed E-state index contributed by atoms with van der Waals surface area (Å²) in [6.45, 7) is 2.03. The van der Waals surface area contributed by atoms with Crippen molar-refractivity contribution in [3.8, 4) is 5.75 Å². The smallest absolute Gasteiger partial charge is 0.258 e. The molecule has 0 aliphatic heterocycles. The lowest BCUT2D eigenvalue weighted by molar-refractivity contribution is 0.102. The third-order valence-corrected chi connectivity index (χ3v) is 4.52. The number of carbonyl (C=O) groups excluding carboxylic acids is 1. The number of nitrogens with zero attached hydrogens (tertiary/aromatic N) is 2. The Morgan fingerprint density at radius 2 is 1.90 bits per heavy atom. The number of hydrogen-bond donors (Lipinski definition) is 1. The van der Waals surface area contributed by atoms with Crippen LogP contribution in [0.3, 0.4) is 0 Å². The molecule has 0 aliphatic carbocycles. The van der Waals surface area contributed by atoms with E-state index in [1.54, 1.807) is 36.5 Å². The number of hydrogen-bond acceptors (Lipinski definition) is 4. The Labute approximate surface area is 171 Å². The van der Waals surface area contributed by atoms with E-state index >= 15 is 0 Å². The molecule has 0 fully saturated rings. The molecule has 1 amide bonds. The molecule has 7 heteroatoms. The molecule has 0 unspecified atom stereocenters. The Hall–Kier alpha value is -4.00. The summed E-state index contributed by atoms with van der Waals surface area (Å²) in [7, 11) is 0. The number of carbonyl (C=O) groups is 1. The third-order valence-electron chi connectivity index (χ3n) is 4.52. The largest absolute Gasteiger partial charge is 0.487 e. The number of anilines is 1. The van der Waals surface area contributed by atoms with Gasteiger partial charge in [0.1, 0.15) is 23.8 Å². The second-order valence-electron chi connectivity index (χ2n) is 6.75. The van der Waals surface area contributed by atoms with Crippen LogP contribution in [0.1, 0.15) is 21.6 Å². The maximum atomic E-state index is 13.3. The summed E-state index contributed by atoms with van der Waals surface area (Å²) < 4.78 is 20.5. The highest BCUT2D eigenvalue weighted by molar-refractivity contribution is 6.04. The zero-order chi connectivity index (χ0) is 21.1. The van der Waals surface area contributed by atoms with E-state index in [0.29, 0.717) is 22.8 Å². The molecule has 0 aliphatic rings. The molecule has 4 aromatic rings. The van der Waals surface area contributed by atoms with E-state index in [1.807, 2.05) is 13.0 Å². The van der Waals surface area contributed by atoms with Crippen LogP contribution in [0, 0.1) is 12.7 Å². The van der Waals surface area contributed by atoms with Gasteiger partial charge in [-0.15, -0.1) is 0 Å². The number of amides is 1. The molecule has 0 bridgehead atoms. The first kappa shape index (κ1) is 19.3. The molecular weight excluding hydrogens is 385 g/mol. The molecule has 30 heavy (non-hydrogen) atoms. The van der Waals surface area contributed by atoms with E-state index in [1.165, 1.54) is 34.7 Å². The number of pyridine rings is 1. The summed E-state index contributed by atoms with van der Waals surface area (Å²) >= 11 is 0. The van der Waals surface area contributed by atoms with Crippen molar-refractivity contribution in [1.82, 2.24) is 9.38 Å². The molecule has 4 rings (SSSR count). The Kier molecular flexibility index (Phi) is 5.26. The van der Waals surface area contributed by atoms with Crippen molar-refractivity contribution in [2.24, 2.45) is 0 Å². The predicted octanol–water partition coefficient (Wildman–Crippen LogP) is 3.97. The van der Waals surface area contributed by atoms with Crippen molar-refractivity contribution >= 4 is 17.2 Å². The minimum Gasteiger partial charge on any atom is -0.487 e. The molecular formula is C23H18FN3O3. The molecule has 0 radical (unpaired) electrons. The van der Waals surface area contributed by atoms with Gasteiger partial charge in [-0.25, -0.2) is 9.37 Å². The number of aromatic nitrogens is 2. The minimum absolute atomic E-state index is 0.134. The van der Waals surface area contributed by atoms with E-state index < -0.39 is 11.7 Å². The lowest BCUT2D eigenvalue weighted by atomic mass is 10.2. The van der Waals surface area contributed by atoms with Gasteiger partial charge in [-0.2, -0.15) is 0 Å². The maximum absolute atomic E-state index is 13.3. The van der Waals surface area contributed by atoms with Gasteiger partial charge in [-0.3, -0.25) is 14.0 Å². The average molecular weight is 403 g/mol. The van der Waals surface area contributed by atoms with Gasteiger partial charge in [0.05, 0.1) is 5.69 Å². The van der Waals surface area contributed by atoms with E-state index in [4.69, 9.17) is 4.74 Å². The SMILES string of the molecule is Cc1cccn2c(=O)cc(COc3ccc(NC(=O)c4cccc(F)c4)cc3)nc12. The molecule has 6 nitrogen and oxygen atoms in total. The molecule has 2 aromatic heterocycles. The topological polar surface area (TPSA) is 72.7 Å².